The first-order valence-electron chi connectivity index (χ1n) is 12.4. The lowest BCUT2D eigenvalue weighted by molar-refractivity contribution is -0.138. The van der Waals surface area contributed by atoms with Gasteiger partial charge in [-0.15, -0.1) is 0 Å². The lowest BCUT2D eigenvalue weighted by atomic mass is 9.76. The molecular weight excluding hydrogens is 522 g/mol. The molecular formula is C29H24ClN3O6. The van der Waals surface area contributed by atoms with Gasteiger partial charge in [0.2, 0.25) is 11.8 Å². The van der Waals surface area contributed by atoms with Crippen LogP contribution in [0.15, 0.2) is 72.8 Å². The Hall–Kier alpha value is -4.21. The molecule has 2 saturated heterocycles. The average Bonchev–Trinajstić information content (AvgIpc) is 3.48. The summed E-state index contributed by atoms with van der Waals surface area (Å²) in [6.07, 6.45) is -0.432. The molecule has 3 aliphatic rings. The molecule has 1 spiro atoms. The molecule has 3 aromatic rings. The molecule has 0 aromatic heterocycles. The number of carboxylic acids is 1. The molecule has 198 valence electrons. The van der Waals surface area contributed by atoms with Crippen molar-refractivity contribution in [1.82, 2.24) is 5.32 Å². The largest absolute Gasteiger partial charge is 0.497 e. The van der Waals surface area contributed by atoms with Crippen molar-refractivity contribution in [2.45, 2.75) is 24.5 Å². The van der Waals surface area contributed by atoms with Crippen LogP contribution in [0.4, 0.5) is 11.4 Å². The van der Waals surface area contributed by atoms with Crippen molar-refractivity contribution in [2.24, 2.45) is 11.8 Å². The second-order valence-corrected chi connectivity index (χ2v) is 10.3. The summed E-state index contributed by atoms with van der Waals surface area (Å²) in [6.45, 7) is 0.143. The Morgan fingerprint density at radius 1 is 1.00 bits per heavy atom. The van der Waals surface area contributed by atoms with E-state index in [9.17, 15) is 24.3 Å². The molecule has 0 radical (unpaired) electrons. The summed E-state index contributed by atoms with van der Waals surface area (Å²) in [5, 5.41) is 13.4. The number of nitrogens with zero attached hydrogens (tertiary/aromatic N) is 2. The fourth-order valence-corrected chi connectivity index (χ4v) is 6.45. The Morgan fingerprint density at radius 2 is 1.69 bits per heavy atom. The lowest BCUT2D eigenvalue weighted by Gasteiger charge is -2.30. The van der Waals surface area contributed by atoms with Gasteiger partial charge in [-0.2, -0.15) is 0 Å². The predicted molar refractivity (Wildman–Crippen MR) is 142 cm³/mol. The Morgan fingerprint density at radius 3 is 2.38 bits per heavy atom. The highest BCUT2D eigenvalue weighted by Gasteiger charge is 2.71. The maximum atomic E-state index is 14.4. The summed E-state index contributed by atoms with van der Waals surface area (Å²) >= 11 is 6.42. The third-order valence-corrected chi connectivity index (χ3v) is 8.25. The van der Waals surface area contributed by atoms with Crippen molar-refractivity contribution in [1.29, 1.82) is 0 Å². The number of fused-ring (bicyclic) bond motifs is 4. The van der Waals surface area contributed by atoms with E-state index in [1.807, 2.05) is 12.1 Å². The number of halogens is 1. The first kappa shape index (κ1) is 25.1. The molecule has 4 atom stereocenters. The van der Waals surface area contributed by atoms with Gasteiger partial charge < -0.3 is 14.7 Å². The number of methoxy groups -OCH3 is 1. The van der Waals surface area contributed by atoms with E-state index in [2.05, 4.69) is 5.32 Å². The maximum absolute atomic E-state index is 14.4. The zero-order valence-electron chi connectivity index (χ0n) is 20.8. The number of carboxylic acid groups (broad SMARTS) is 1. The average molecular weight is 546 g/mol. The minimum Gasteiger partial charge on any atom is -0.497 e. The van der Waals surface area contributed by atoms with E-state index in [0.717, 1.165) is 4.90 Å². The molecule has 0 aliphatic carbocycles. The number of hydrogen-bond acceptors (Lipinski definition) is 6. The van der Waals surface area contributed by atoms with Gasteiger partial charge in [0.1, 0.15) is 11.3 Å². The Kier molecular flexibility index (Phi) is 5.93. The number of anilines is 2. The first-order valence-corrected chi connectivity index (χ1v) is 12.8. The zero-order chi connectivity index (χ0) is 27.5. The number of para-hydroxylation sites is 1. The monoisotopic (exact) mass is 545 g/mol. The number of hydrogen-bond donors (Lipinski definition) is 2. The summed E-state index contributed by atoms with van der Waals surface area (Å²) in [5.74, 6) is -4.30. The normalized spacial score (nSPS) is 25.4. The van der Waals surface area contributed by atoms with E-state index >= 15 is 0 Å². The van der Waals surface area contributed by atoms with Crippen molar-refractivity contribution in [3.05, 3.63) is 88.9 Å². The van der Waals surface area contributed by atoms with Crippen LogP contribution in [0.3, 0.4) is 0 Å². The van der Waals surface area contributed by atoms with Crippen LogP contribution in [0.5, 0.6) is 5.75 Å². The first-order chi connectivity index (χ1) is 18.8. The van der Waals surface area contributed by atoms with Gasteiger partial charge in [-0.25, -0.2) is 4.90 Å². The fraction of sp³-hybridized carbons (Fsp3) is 0.241. The van der Waals surface area contributed by atoms with Crippen molar-refractivity contribution >= 4 is 46.7 Å². The molecule has 9 nitrogen and oxygen atoms in total. The van der Waals surface area contributed by atoms with Crippen LogP contribution < -0.4 is 19.9 Å². The second kappa shape index (κ2) is 9.21. The number of ether oxygens (including phenoxy) is 1. The third-order valence-electron chi connectivity index (χ3n) is 7.88. The van der Waals surface area contributed by atoms with E-state index < -0.39 is 53.5 Å². The van der Waals surface area contributed by atoms with Gasteiger partial charge in [-0.05, 0) is 42.0 Å². The van der Waals surface area contributed by atoms with Crippen molar-refractivity contribution < 1.29 is 29.0 Å². The number of rotatable bonds is 6. The lowest BCUT2D eigenvalue weighted by Crippen LogP contribution is -2.55. The van der Waals surface area contributed by atoms with Gasteiger partial charge in [-0.3, -0.25) is 24.5 Å². The molecule has 39 heavy (non-hydrogen) atoms. The molecule has 3 aliphatic heterocycles. The van der Waals surface area contributed by atoms with Crippen LogP contribution in [0.1, 0.15) is 17.5 Å². The van der Waals surface area contributed by atoms with Crippen molar-refractivity contribution in [2.75, 3.05) is 16.9 Å². The predicted octanol–water partition coefficient (Wildman–Crippen LogP) is 3.34. The van der Waals surface area contributed by atoms with Gasteiger partial charge in [-0.1, -0.05) is 48.0 Å². The number of carbonyl (C=O) groups is 4. The van der Waals surface area contributed by atoms with E-state index in [0.29, 0.717) is 33.3 Å². The molecule has 3 heterocycles. The number of carbonyl (C=O) groups excluding carboxylic acids is 3. The van der Waals surface area contributed by atoms with E-state index in [4.69, 9.17) is 16.3 Å². The van der Waals surface area contributed by atoms with Gasteiger partial charge >= 0.3 is 5.97 Å². The van der Waals surface area contributed by atoms with Gasteiger partial charge in [0.15, 0.2) is 0 Å². The number of aliphatic carboxylic acids is 1. The number of imide groups is 1. The Balaban J connectivity index is 1.48. The van der Waals surface area contributed by atoms with E-state index in [1.165, 1.54) is 7.11 Å². The summed E-state index contributed by atoms with van der Waals surface area (Å²) in [7, 11) is 1.51. The summed E-state index contributed by atoms with van der Waals surface area (Å²) < 4.78 is 5.20. The highest BCUT2D eigenvalue weighted by atomic mass is 35.5. The minimum atomic E-state index is -1.61. The van der Waals surface area contributed by atoms with Crippen LogP contribution in [0.25, 0.3) is 0 Å². The SMILES string of the molecule is COc1ccc(N2C(=O)[C@@H]3[C@@H](C2=O)[C@@]2(N[C@@H]3CC(=O)O)C(=O)N(Cc3ccccc3Cl)c3ccccc32)cc1. The minimum absolute atomic E-state index is 0.143. The van der Waals surface area contributed by atoms with Gasteiger partial charge in [0, 0.05) is 22.3 Å². The van der Waals surface area contributed by atoms with Crippen LogP contribution in [0, 0.1) is 11.8 Å². The van der Waals surface area contributed by atoms with E-state index in [-0.39, 0.29) is 6.54 Å². The number of nitrogens with one attached hydrogen (secondary N) is 1. The zero-order valence-corrected chi connectivity index (χ0v) is 21.6. The molecule has 2 fully saturated rings. The van der Waals surface area contributed by atoms with Crippen LogP contribution in [-0.4, -0.2) is 41.9 Å². The number of amides is 3. The van der Waals surface area contributed by atoms with Gasteiger partial charge in [0.25, 0.3) is 5.91 Å². The highest BCUT2D eigenvalue weighted by Crippen LogP contribution is 2.55. The highest BCUT2D eigenvalue weighted by molar-refractivity contribution is 6.31. The molecule has 2 N–H and O–H groups in total. The molecule has 3 amide bonds. The van der Waals surface area contributed by atoms with Crippen molar-refractivity contribution in [3.63, 3.8) is 0 Å². The van der Waals surface area contributed by atoms with Crippen molar-refractivity contribution in [3.8, 4) is 5.75 Å². The second-order valence-electron chi connectivity index (χ2n) is 9.87. The quantitative estimate of drug-likeness (QED) is 0.456. The number of benzene rings is 3. The summed E-state index contributed by atoms with van der Waals surface area (Å²) in [4.78, 5) is 56.8. The summed E-state index contributed by atoms with van der Waals surface area (Å²) in [6, 6.07) is 19.8. The third kappa shape index (κ3) is 3.65. The van der Waals surface area contributed by atoms with Crippen LogP contribution >= 0.6 is 11.6 Å². The smallest absolute Gasteiger partial charge is 0.304 e. The fourth-order valence-electron chi connectivity index (χ4n) is 6.25. The summed E-state index contributed by atoms with van der Waals surface area (Å²) in [5.41, 5.74) is 0.535. The molecule has 0 unspecified atom stereocenters. The topological polar surface area (TPSA) is 116 Å². The Bertz CT molecular complexity index is 1530. The Labute approximate surface area is 228 Å². The van der Waals surface area contributed by atoms with Crippen LogP contribution in [-0.2, 0) is 31.3 Å². The van der Waals surface area contributed by atoms with Gasteiger partial charge in [0.05, 0.1) is 37.6 Å². The molecule has 0 saturated carbocycles. The van der Waals surface area contributed by atoms with Crippen LogP contribution in [0.2, 0.25) is 5.02 Å². The standard InChI is InChI=1S/C29H24ClN3O6/c1-39-18-12-10-17(11-13-18)33-26(36)24-21(14-23(34)35)31-29(25(24)27(33)37)19-7-3-5-9-22(19)32(28(29)38)15-16-6-2-4-8-20(16)30/h2-13,21,24-25,31H,14-15H2,1H3,(H,34,35)/t21-,24+,25+,29-/m1/s1. The molecule has 0 bridgehead atoms. The maximum Gasteiger partial charge on any atom is 0.304 e. The molecule has 6 rings (SSSR count). The molecule has 3 aromatic carbocycles. The van der Waals surface area contributed by atoms with E-state index in [1.54, 1.807) is 65.6 Å². The molecule has 10 heteroatoms.